The number of hydrogen-bond donors (Lipinski definition) is 0. The van der Waals surface area contributed by atoms with Crippen LogP contribution < -0.4 is 4.90 Å². The molecule has 2 aromatic heterocycles. The molecule has 0 unspecified atom stereocenters. The Balaban J connectivity index is 0.958. The highest BCUT2D eigenvalue weighted by Gasteiger charge is 2.19. The SMILES string of the molecule is c1ccc(-c2ccc(-c3ccc(N(c4ccc(-c5ccc6c(c5)c5ccccc5n6-c5ccccc5)cc4)c4ccc5c(c4)c4ccccc4n5-c4ccccc4)cc3)cc2)cc1. The van der Waals surface area contributed by atoms with E-state index in [4.69, 9.17) is 0 Å². The molecule has 296 valence electrons. The first kappa shape index (κ1) is 36.5. The number of fused-ring (bicyclic) bond motifs is 6. The third-order valence-corrected chi connectivity index (χ3v) is 12.5. The molecule has 0 aliphatic rings. The smallest absolute Gasteiger partial charge is 0.0542 e. The van der Waals surface area contributed by atoms with Gasteiger partial charge in [-0.05, 0) is 124 Å². The second-order valence-electron chi connectivity index (χ2n) is 16.2. The van der Waals surface area contributed by atoms with Crippen molar-refractivity contribution in [1.29, 1.82) is 0 Å². The summed E-state index contributed by atoms with van der Waals surface area (Å²) in [6.45, 7) is 0. The molecule has 0 N–H and O–H groups in total. The van der Waals surface area contributed by atoms with Crippen molar-refractivity contribution in [2.24, 2.45) is 0 Å². The number of para-hydroxylation sites is 4. The molecule has 63 heavy (non-hydrogen) atoms. The van der Waals surface area contributed by atoms with E-state index >= 15 is 0 Å². The summed E-state index contributed by atoms with van der Waals surface area (Å²) in [4.78, 5) is 2.39. The molecule has 0 aliphatic carbocycles. The number of nitrogens with zero attached hydrogens (tertiary/aromatic N) is 3. The van der Waals surface area contributed by atoms with Crippen LogP contribution in [0.3, 0.4) is 0 Å². The lowest BCUT2D eigenvalue weighted by Gasteiger charge is -2.26. The first-order chi connectivity index (χ1) is 31.2. The third-order valence-electron chi connectivity index (χ3n) is 12.5. The maximum absolute atomic E-state index is 2.39. The van der Waals surface area contributed by atoms with E-state index in [2.05, 4.69) is 263 Å². The van der Waals surface area contributed by atoms with Gasteiger partial charge in [0, 0.05) is 50.0 Å². The Kier molecular flexibility index (Phi) is 8.83. The van der Waals surface area contributed by atoms with Crippen LogP contribution in [0.4, 0.5) is 17.1 Å². The summed E-state index contributed by atoms with van der Waals surface area (Å²) >= 11 is 0. The maximum Gasteiger partial charge on any atom is 0.0542 e. The average Bonchev–Trinajstić information content (AvgIpc) is 3.88. The van der Waals surface area contributed by atoms with E-state index in [0.29, 0.717) is 0 Å². The minimum Gasteiger partial charge on any atom is -0.310 e. The highest BCUT2D eigenvalue weighted by atomic mass is 15.1. The largest absolute Gasteiger partial charge is 0.310 e. The Morgan fingerprint density at radius 3 is 1.06 bits per heavy atom. The van der Waals surface area contributed by atoms with Gasteiger partial charge in [-0.3, -0.25) is 0 Å². The molecule has 12 rings (SSSR count). The van der Waals surface area contributed by atoms with Gasteiger partial charge in [-0.15, -0.1) is 0 Å². The number of benzene rings is 10. The van der Waals surface area contributed by atoms with Gasteiger partial charge in [0.1, 0.15) is 0 Å². The van der Waals surface area contributed by atoms with Gasteiger partial charge in [0.15, 0.2) is 0 Å². The van der Waals surface area contributed by atoms with Gasteiger partial charge >= 0.3 is 0 Å². The van der Waals surface area contributed by atoms with E-state index in [-0.39, 0.29) is 0 Å². The van der Waals surface area contributed by atoms with E-state index in [1.807, 2.05) is 0 Å². The van der Waals surface area contributed by atoms with E-state index < -0.39 is 0 Å². The molecule has 0 bridgehead atoms. The van der Waals surface area contributed by atoms with Gasteiger partial charge in [-0.1, -0.05) is 158 Å². The summed E-state index contributed by atoms with van der Waals surface area (Å²) in [6, 6.07) is 90.0. The second-order valence-corrected chi connectivity index (χ2v) is 16.2. The summed E-state index contributed by atoms with van der Waals surface area (Å²) in [5.41, 5.74) is 17.6. The maximum atomic E-state index is 2.39. The summed E-state index contributed by atoms with van der Waals surface area (Å²) in [6.07, 6.45) is 0. The van der Waals surface area contributed by atoms with Crippen LogP contribution >= 0.6 is 0 Å². The van der Waals surface area contributed by atoms with E-state index in [1.165, 1.54) is 77.0 Å². The van der Waals surface area contributed by atoms with Crippen LogP contribution in [-0.2, 0) is 0 Å². The zero-order valence-corrected chi connectivity index (χ0v) is 34.5. The minimum atomic E-state index is 1.09. The summed E-state index contributed by atoms with van der Waals surface area (Å²) in [5, 5.41) is 4.94. The average molecular weight is 804 g/mol. The lowest BCUT2D eigenvalue weighted by atomic mass is 10.00. The van der Waals surface area contributed by atoms with Crippen LogP contribution in [0.2, 0.25) is 0 Å². The molecule has 0 radical (unpaired) electrons. The van der Waals surface area contributed by atoms with Gasteiger partial charge in [-0.25, -0.2) is 0 Å². The monoisotopic (exact) mass is 803 g/mol. The summed E-state index contributed by atoms with van der Waals surface area (Å²) in [5.74, 6) is 0. The lowest BCUT2D eigenvalue weighted by molar-refractivity contribution is 1.18. The van der Waals surface area contributed by atoms with Gasteiger partial charge in [0.05, 0.1) is 22.1 Å². The topological polar surface area (TPSA) is 13.1 Å². The number of aromatic nitrogens is 2. The third kappa shape index (κ3) is 6.38. The van der Waals surface area contributed by atoms with Crippen LogP contribution in [-0.4, -0.2) is 9.13 Å². The molecule has 3 nitrogen and oxygen atoms in total. The number of anilines is 3. The highest BCUT2D eigenvalue weighted by Crippen LogP contribution is 2.42. The minimum absolute atomic E-state index is 1.09. The van der Waals surface area contributed by atoms with Crippen molar-refractivity contribution in [2.75, 3.05) is 4.90 Å². The summed E-state index contributed by atoms with van der Waals surface area (Å²) < 4.78 is 4.74. The zero-order valence-electron chi connectivity index (χ0n) is 34.5. The van der Waals surface area contributed by atoms with Gasteiger partial charge in [0.25, 0.3) is 0 Å². The summed E-state index contributed by atoms with van der Waals surface area (Å²) in [7, 11) is 0. The van der Waals surface area contributed by atoms with Crippen molar-refractivity contribution in [3.63, 3.8) is 0 Å². The van der Waals surface area contributed by atoms with Crippen LogP contribution in [0.15, 0.2) is 249 Å². The highest BCUT2D eigenvalue weighted by molar-refractivity contribution is 6.12. The van der Waals surface area contributed by atoms with Crippen molar-refractivity contribution < 1.29 is 0 Å². The standard InChI is InChI=1S/C60H41N3/c1-4-14-42(15-5-1)43-24-26-44(27-25-43)45-28-33-50(34-29-45)61(52-37-39-60-56(41-52)54-21-11-13-23-58(54)63(60)49-18-8-3-9-19-49)51-35-30-46(31-36-51)47-32-38-59-55(40-47)53-20-10-12-22-57(53)62(59)48-16-6-2-7-17-48/h1-41H. The van der Waals surface area contributed by atoms with E-state index in [0.717, 1.165) is 28.4 Å². The Morgan fingerprint density at radius 1 is 0.222 bits per heavy atom. The fraction of sp³-hybridized carbons (Fsp3) is 0. The Bertz CT molecular complexity index is 3570. The van der Waals surface area contributed by atoms with Crippen LogP contribution in [0.25, 0.3) is 88.4 Å². The molecule has 0 amide bonds. The van der Waals surface area contributed by atoms with Crippen molar-refractivity contribution >= 4 is 60.7 Å². The molecule has 0 atom stereocenters. The first-order valence-corrected chi connectivity index (χ1v) is 21.6. The van der Waals surface area contributed by atoms with Crippen LogP contribution in [0.5, 0.6) is 0 Å². The number of rotatable bonds is 8. The van der Waals surface area contributed by atoms with Gasteiger partial charge in [0.2, 0.25) is 0 Å². The van der Waals surface area contributed by atoms with Crippen molar-refractivity contribution in [3.05, 3.63) is 249 Å². The quantitative estimate of drug-likeness (QED) is 0.149. The lowest BCUT2D eigenvalue weighted by Crippen LogP contribution is -2.10. The van der Waals surface area contributed by atoms with Crippen LogP contribution in [0.1, 0.15) is 0 Å². The fourth-order valence-electron chi connectivity index (χ4n) is 9.50. The first-order valence-electron chi connectivity index (χ1n) is 21.6. The Hall–Kier alpha value is -8.40. The normalized spacial score (nSPS) is 11.5. The van der Waals surface area contributed by atoms with E-state index in [1.54, 1.807) is 0 Å². The molecule has 12 aromatic rings. The Morgan fingerprint density at radius 2 is 0.556 bits per heavy atom. The second kappa shape index (κ2) is 15.3. The van der Waals surface area contributed by atoms with E-state index in [9.17, 15) is 0 Å². The van der Waals surface area contributed by atoms with Crippen molar-refractivity contribution in [2.45, 2.75) is 0 Å². The molecule has 0 saturated heterocycles. The molecule has 0 saturated carbocycles. The van der Waals surface area contributed by atoms with Crippen molar-refractivity contribution in [3.8, 4) is 44.8 Å². The molecular weight excluding hydrogens is 763 g/mol. The number of hydrogen-bond acceptors (Lipinski definition) is 1. The molecular formula is C60H41N3. The van der Waals surface area contributed by atoms with Crippen LogP contribution in [0, 0.1) is 0 Å². The predicted molar refractivity (Wildman–Crippen MR) is 266 cm³/mol. The molecule has 0 fully saturated rings. The molecule has 0 spiro atoms. The fourth-order valence-corrected chi connectivity index (χ4v) is 9.50. The Labute approximate surface area is 366 Å². The zero-order chi connectivity index (χ0) is 41.7. The molecule has 3 heteroatoms. The molecule has 0 aliphatic heterocycles. The van der Waals surface area contributed by atoms with Crippen molar-refractivity contribution in [1.82, 2.24) is 9.13 Å². The van der Waals surface area contributed by atoms with Gasteiger partial charge < -0.3 is 14.0 Å². The predicted octanol–water partition coefficient (Wildman–Crippen LogP) is 16.4. The molecule has 10 aromatic carbocycles. The van der Waals surface area contributed by atoms with Gasteiger partial charge in [-0.2, -0.15) is 0 Å². The molecule has 2 heterocycles.